The van der Waals surface area contributed by atoms with Crippen molar-refractivity contribution < 1.29 is 24.1 Å². The molecular formula is C27H44N2O5. The monoisotopic (exact) mass is 476 g/mol. The number of ketones is 1. The molecule has 2 fully saturated rings. The molecule has 1 aromatic rings. The number of nitrogens with zero attached hydrogens (tertiary/aromatic N) is 1. The van der Waals surface area contributed by atoms with Crippen LogP contribution < -0.4 is 10.1 Å². The van der Waals surface area contributed by atoms with E-state index < -0.39 is 6.10 Å². The van der Waals surface area contributed by atoms with Crippen molar-refractivity contribution in [2.45, 2.75) is 84.4 Å². The van der Waals surface area contributed by atoms with Gasteiger partial charge in [-0.2, -0.15) is 0 Å². The van der Waals surface area contributed by atoms with Crippen molar-refractivity contribution in [3.8, 4) is 5.75 Å². The number of morpholine rings is 2. The van der Waals surface area contributed by atoms with Crippen LogP contribution in [0.1, 0.15) is 64.2 Å². The third-order valence-electron chi connectivity index (χ3n) is 6.62. The number of Topliss-reactive ketones (excluding diaryl/α,β-unsaturated/α-hetero) is 1. The van der Waals surface area contributed by atoms with E-state index in [0.29, 0.717) is 24.3 Å². The van der Waals surface area contributed by atoms with E-state index in [2.05, 4.69) is 44.8 Å². The van der Waals surface area contributed by atoms with Crippen LogP contribution in [0.4, 0.5) is 0 Å². The maximum Gasteiger partial charge on any atom is 0.162 e. The molecule has 2 aliphatic rings. The number of β-amino-alcohol motifs (C(OH)–C–C–N with tert-alkyl or cyclic N) is 1. The van der Waals surface area contributed by atoms with Gasteiger partial charge in [-0.15, -0.1) is 0 Å². The minimum atomic E-state index is -0.577. The van der Waals surface area contributed by atoms with Crippen LogP contribution in [0, 0.1) is 5.41 Å². The second-order valence-electron chi connectivity index (χ2n) is 11.0. The van der Waals surface area contributed by atoms with Crippen molar-refractivity contribution in [1.82, 2.24) is 10.2 Å². The van der Waals surface area contributed by atoms with Gasteiger partial charge in [-0.3, -0.25) is 9.69 Å². The summed E-state index contributed by atoms with van der Waals surface area (Å²) in [6.45, 7) is 14.8. The maximum atomic E-state index is 12.7. The molecule has 3 rings (SSSR count). The van der Waals surface area contributed by atoms with Crippen molar-refractivity contribution in [3.63, 3.8) is 0 Å². The second kappa shape index (κ2) is 12.5. The SMILES string of the molecule is CC1CN(CC(O)COc2ccc(C(=O)CCC(C)(C)CC3CNCC(C)O3)cc2)CC(C)O1. The lowest BCUT2D eigenvalue weighted by Gasteiger charge is -2.36. The fraction of sp³-hybridized carbons (Fsp3) is 0.741. The van der Waals surface area contributed by atoms with Crippen LogP contribution in [0.15, 0.2) is 24.3 Å². The van der Waals surface area contributed by atoms with E-state index in [4.69, 9.17) is 14.2 Å². The van der Waals surface area contributed by atoms with E-state index in [1.54, 1.807) is 0 Å². The number of hydrogen-bond acceptors (Lipinski definition) is 7. The van der Waals surface area contributed by atoms with Gasteiger partial charge in [0.25, 0.3) is 0 Å². The molecule has 2 aliphatic heterocycles. The minimum absolute atomic E-state index is 0.0360. The summed E-state index contributed by atoms with van der Waals surface area (Å²) in [5.74, 6) is 0.807. The number of aliphatic hydroxyl groups is 1. The van der Waals surface area contributed by atoms with Gasteiger partial charge < -0.3 is 24.6 Å². The lowest BCUT2D eigenvalue weighted by atomic mass is 9.81. The van der Waals surface area contributed by atoms with E-state index in [0.717, 1.165) is 39.0 Å². The van der Waals surface area contributed by atoms with E-state index in [-0.39, 0.29) is 42.2 Å². The average molecular weight is 477 g/mol. The largest absolute Gasteiger partial charge is 0.491 e. The van der Waals surface area contributed by atoms with Crippen LogP contribution in [0.25, 0.3) is 0 Å². The quantitative estimate of drug-likeness (QED) is 0.475. The Labute approximate surface area is 205 Å². The normalized spacial score (nSPS) is 27.4. The molecule has 0 radical (unpaired) electrons. The van der Waals surface area contributed by atoms with Gasteiger partial charge >= 0.3 is 0 Å². The molecular weight excluding hydrogens is 432 g/mol. The highest BCUT2D eigenvalue weighted by molar-refractivity contribution is 5.96. The molecule has 7 nitrogen and oxygen atoms in total. The van der Waals surface area contributed by atoms with Crippen molar-refractivity contribution in [2.75, 3.05) is 39.3 Å². The fourth-order valence-electron chi connectivity index (χ4n) is 5.02. The first kappa shape index (κ1) is 27.1. The molecule has 0 spiro atoms. The molecule has 0 bridgehead atoms. The van der Waals surface area contributed by atoms with E-state index in [1.807, 2.05) is 24.3 Å². The molecule has 0 saturated carbocycles. The molecule has 7 heteroatoms. The Morgan fingerprint density at radius 2 is 1.79 bits per heavy atom. The zero-order chi connectivity index (χ0) is 24.7. The highest BCUT2D eigenvalue weighted by atomic mass is 16.5. The van der Waals surface area contributed by atoms with Gasteiger partial charge in [-0.25, -0.2) is 0 Å². The number of aliphatic hydroxyl groups excluding tert-OH is 1. The summed E-state index contributed by atoms with van der Waals surface area (Å²) < 4.78 is 17.5. The first-order valence-corrected chi connectivity index (χ1v) is 12.8. The first-order chi connectivity index (χ1) is 16.1. The highest BCUT2D eigenvalue weighted by Crippen LogP contribution is 2.31. The zero-order valence-corrected chi connectivity index (χ0v) is 21.6. The molecule has 5 unspecified atom stereocenters. The number of ether oxygens (including phenoxy) is 3. The molecule has 1 aromatic carbocycles. The Balaban J connectivity index is 1.39. The summed E-state index contributed by atoms with van der Waals surface area (Å²) in [6, 6.07) is 7.26. The summed E-state index contributed by atoms with van der Waals surface area (Å²) >= 11 is 0. The third kappa shape index (κ3) is 8.93. The molecule has 0 aliphatic carbocycles. The number of carbonyl (C=O) groups is 1. The topological polar surface area (TPSA) is 80.3 Å². The molecule has 5 atom stereocenters. The van der Waals surface area contributed by atoms with E-state index in [1.165, 1.54) is 0 Å². The number of rotatable bonds is 11. The van der Waals surface area contributed by atoms with Gasteiger partial charge in [-0.05, 0) is 63.3 Å². The minimum Gasteiger partial charge on any atom is -0.491 e. The van der Waals surface area contributed by atoms with Crippen LogP contribution in [0.3, 0.4) is 0 Å². The molecule has 2 saturated heterocycles. The van der Waals surface area contributed by atoms with Gasteiger partial charge in [0, 0.05) is 44.7 Å². The summed E-state index contributed by atoms with van der Waals surface area (Å²) in [5.41, 5.74) is 0.734. The lowest BCUT2D eigenvalue weighted by molar-refractivity contribution is -0.0786. The highest BCUT2D eigenvalue weighted by Gasteiger charge is 2.28. The molecule has 0 amide bonds. The standard InChI is InChI=1S/C27H44N2O5/c1-19-13-28-14-25(34-19)12-27(4,5)11-10-26(31)22-6-8-24(9-7-22)32-18-23(30)17-29-15-20(2)33-21(3)16-29/h6-9,19-21,23,25,28,30H,10-18H2,1-5H3. The summed E-state index contributed by atoms with van der Waals surface area (Å²) in [4.78, 5) is 15.0. The number of nitrogens with one attached hydrogen (secondary N) is 1. The average Bonchev–Trinajstić information content (AvgIpc) is 2.75. The van der Waals surface area contributed by atoms with Gasteiger partial charge in [0.05, 0.1) is 24.4 Å². The lowest BCUT2D eigenvalue weighted by Crippen LogP contribution is -2.48. The first-order valence-electron chi connectivity index (χ1n) is 12.8. The van der Waals surface area contributed by atoms with Crippen molar-refractivity contribution in [3.05, 3.63) is 29.8 Å². The van der Waals surface area contributed by atoms with E-state index >= 15 is 0 Å². The molecule has 2 N–H and O–H groups in total. The Morgan fingerprint density at radius 3 is 2.44 bits per heavy atom. The summed E-state index contributed by atoms with van der Waals surface area (Å²) in [6.07, 6.45) is 2.49. The van der Waals surface area contributed by atoms with Gasteiger partial charge in [0.2, 0.25) is 0 Å². The molecule has 2 heterocycles. The van der Waals surface area contributed by atoms with Crippen LogP contribution in [0.5, 0.6) is 5.75 Å². The number of carbonyl (C=O) groups excluding carboxylic acids is 1. The zero-order valence-electron chi connectivity index (χ0n) is 21.6. The Kier molecular flexibility index (Phi) is 9.92. The predicted molar refractivity (Wildman–Crippen MR) is 134 cm³/mol. The third-order valence-corrected chi connectivity index (χ3v) is 6.62. The Hall–Kier alpha value is -1.51. The smallest absolute Gasteiger partial charge is 0.162 e. The second-order valence-corrected chi connectivity index (χ2v) is 11.0. The Bertz CT molecular complexity index is 759. The van der Waals surface area contributed by atoms with Crippen molar-refractivity contribution in [1.29, 1.82) is 0 Å². The molecule has 34 heavy (non-hydrogen) atoms. The van der Waals surface area contributed by atoms with Crippen LogP contribution in [-0.4, -0.2) is 85.6 Å². The van der Waals surface area contributed by atoms with Crippen molar-refractivity contribution in [2.24, 2.45) is 5.41 Å². The molecule has 0 aromatic heterocycles. The van der Waals surface area contributed by atoms with Crippen LogP contribution in [-0.2, 0) is 9.47 Å². The number of benzene rings is 1. The van der Waals surface area contributed by atoms with Gasteiger partial charge in [0.1, 0.15) is 18.5 Å². The summed E-state index contributed by atoms with van der Waals surface area (Å²) in [7, 11) is 0. The van der Waals surface area contributed by atoms with Gasteiger partial charge in [0.15, 0.2) is 5.78 Å². The van der Waals surface area contributed by atoms with E-state index in [9.17, 15) is 9.90 Å². The maximum absolute atomic E-state index is 12.7. The fourth-order valence-corrected chi connectivity index (χ4v) is 5.02. The number of hydrogen-bond donors (Lipinski definition) is 2. The molecule has 192 valence electrons. The van der Waals surface area contributed by atoms with Gasteiger partial charge in [-0.1, -0.05) is 13.8 Å². The predicted octanol–water partition coefficient (Wildman–Crippen LogP) is 3.29. The van der Waals surface area contributed by atoms with Crippen LogP contribution >= 0.6 is 0 Å². The Morgan fingerprint density at radius 1 is 1.12 bits per heavy atom. The summed E-state index contributed by atoms with van der Waals surface area (Å²) in [5, 5.41) is 13.8. The van der Waals surface area contributed by atoms with Crippen molar-refractivity contribution >= 4 is 5.78 Å². The van der Waals surface area contributed by atoms with Crippen LogP contribution in [0.2, 0.25) is 0 Å².